The molecule has 0 bridgehead atoms. The van der Waals surface area contributed by atoms with Crippen molar-refractivity contribution in [2.75, 3.05) is 0 Å². The molecular formula is C8H9Br2N. The molecule has 0 N–H and O–H groups in total. The van der Waals surface area contributed by atoms with Gasteiger partial charge < -0.3 is 0 Å². The van der Waals surface area contributed by atoms with E-state index in [1.165, 1.54) is 0 Å². The van der Waals surface area contributed by atoms with Crippen LogP contribution >= 0.6 is 31.9 Å². The van der Waals surface area contributed by atoms with Gasteiger partial charge in [0.15, 0.2) is 0 Å². The van der Waals surface area contributed by atoms with Gasteiger partial charge in [0.1, 0.15) is 4.61 Å². The van der Waals surface area contributed by atoms with Crippen molar-refractivity contribution in [3.8, 4) is 0 Å². The van der Waals surface area contributed by atoms with Crippen LogP contribution in [-0.2, 0) is 0 Å². The largest absolute Gasteiger partial charge is 0.249 e. The Bertz CT molecular complexity index is 228. The van der Waals surface area contributed by atoms with Crippen LogP contribution in [0, 0.1) is 5.92 Å². The SMILES string of the molecule is CC1\C=C(Br)/N=C/C(Br)=C/C1. The van der Waals surface area contributed by atoms with Crippen LogP contribution in [0.2, 0.25) is 0 Å². The highest BCUT2D eigenvalue weighted by Crippen LogP contribution is 2.18. The van der Waals surface area contributed by atoms with Crippen molar-refractivity contribution >= 4 is 38.1 Å². The molecule has 0 aliphatic carbocycles. The zero-order valence-electron chi connectivity index (χ0n) is 6.22. The minimum Gasteiger partial charge on any atom is -0.249 e. The first kappa shape index (κ1) is 9.20. The highest BCUT2D eigenvalue weighted by molar-refractivity contribution is 9.12. The van der Waals surface area contributed by atoms with Crippen LogP contribution in [0.5, 0.6) is 0 Å². The van der Waals surface area contributed by atoms with Crippen molar-refractivity contribution in [3.63, 3.8) is 0 Å². The van der Waals surface area contributed by atoms with Gasteiger partial charge in [0.05, 0.1) is 0 Å². The Morgan fingerprint density at radius 3 is 3.00 bits per heavy atom. The molecule has 1 atom stereocenters. The monoisotopic (exact) mass is 277 g/mol. The molecule has 0 amide bonds. The number of rotatable bonds is 0. The predicted molar refractivity (Wildman–Crippen MR) is 56.3 cm³/mol. The lowest BCUT2D eigenvalue weighted by molar-refractivity contribution is 0.740. The van der Waals surface area contributed by atoms with Crippen molar-refractivity contribution in [1.29, 1.82) is 0 Å². The summed E-state index contributed by atoms with van der Waals surface area (Å²) in [6.45, 7) is 2.17. The number of nitrogens with zero attached hydrogens (tertiary/aromatic N) is 1. The molecule has 0 fully saturated rings. The quantitative estimate of drug-likeness (QED) is 0.600. The fraction of sp³-hybridized carbons (Fsp3) is 0.375. The van der Waals surface area contributed by atoms with Gasteiger partial charge in [-0.15, -0.1) is 0 Å². The molecule has 0 saturated heterocycles. The van der Waals surface area contributed by atoms with E-state index in [4.69, 9.17) is 0 Å². The second kappa shape index (κ2) is 4.21. The topological polar surface area (TPSA) is 12.4 Å². The highest BCUT2D eigenvalue weighted by atomic mass is 79.9. The Morgan fingerprint density at radius 2 is 2.27 bits per heavy atom. The molecule has 0 aromatic heterocycles. The summed E-state index contributed by atoms with van der Waals surface area (Å²) in [5.74, 6) is 0.550. The average Bonchev–Trinajstić information content (AvgIpc) is 1.95. The van der Waals surface area contributed by atoms with Crippen molar-refractivity contribution < 1.29 is 0 Å². The van der Waals surface area contributed by atoms with Gasteiger partial charge in [-0.3, -0.25) is 0 Å². The lowest BCUT2D eigenvalue weighted by Gasteiger charge is -2.04. The van der Waals surface area contributed by atoms with E-state index >= 15 is 0 Å². The third-order valence-corrected chi connectivity index (χ3v) is 2.42. The Morgan fingerprint density at radius 1 is 1.55 bits per heavy atom. The summed E-state index contributed by atoms with van der Waals surface area (Å²) in [4.78, 5) is 4.15. The Hall–Kier alpha value is 0.110. The molecule has 0 spiro atoms. The van der Waals surface area contributed by atoms with E-state index in [1.54, 1.807) is 6.21 Å². The minimum absolute atomic E-state index is 0.550. The smallest absolute Gasteiger partial charge is 0.102 e. The first-order valence-corrected chi connectivity index (χ1v) is 5.04. The average molecular weight is 279 g/mol. The Balaban J connectivity index is 2.82. The first-order valence-electron chi connectivity index (χ1n) is 3.45. The molecule has 1 nitrogen and oxygen atoms in total. The van der Waals surface area contributed by atoms with E-state index in [-0.39, 0.29) is 0 Å². The van der Waals surface area contributed by atoms with Crippen LogP contribution in [0.3, 0.4) is 0 Å². The standard InChI is InChI=1S/C8H9Br2N/c1-6-2-3-7(9)5-11-8(10)4-6/h3-6H,2H2,1H3/b7-3-,8-4-,11-5+. The van der Waals surface area contributed by atoms with Crippen LogP contribution in [-0.4, -0.2) is 6.21 Å². The fourth-order valence-electron chi connectivity index (χ4n) is 0.820. The lowest BCUT2D eigenvalue weighted by Crippen LogP contribution is -1.91. The second-order valence-corrected chi connectivity index (χ2v) is 4.28. The van der Waals surface area contributed by atoms with Gasteiger partial charge in [-0.05, 0) is 50.3 Å². The van der Waals surface area contributed by atoms with Gasteiger partial charge in [-0.1, -0.05) is 13.0 Å². The minimum atomic E-state index is 0.550. The van der Waals surface area contributed by atoms with Crippen molar-refractivity contribution in [3.05, 3.63) is 21.2 Å². The summed E-state index contributed by atoms with van der Waals surface area (Å²) in [5.41, 5.74) is 0. The van der Waals surface area contributed by atoms with Crippen LogP contribution in [0.1, 0.15) is 13.3 Å². The molecule has 3 heteroatoms. The maximum Gasteiger partial charge on any atom is 0.102 e. The molecule has 1 rings (SSSR count). The molecule has 1 heterocycles. The Labute approximate surface area is 83.5 Å². The third-order valence-electron chi connectivity index (χ3n) is 1.42. The van der Waals surface area contributed by atoms with E-state index in [1.807, 2.05) is 0 Å². The van der Waals surface area contributed by atoms with Crippen LogP contribution in [0.25, 0.3) is 0 Å². The predicted octanol–water partition coefficient (Wildman–Crippen LogP) is 3.61. The van der Waals surface area contributed by atoms with Crippen molar-refractivity contribution in [2.45, 2.75) is 13.3 Å². The van der Waals surface area contributed by atoms with E-state index in [0.29, 0.717) is 5.92 Å². The molecule has 0 aromatic carbocycles. The number of hydrogen-bond acceptors (Lipinski definition) is 1. The fourth-order valence-corrected chi connectivity index (χ4v) is 1.66. The highest BCUT2D eigenvalue weighted by Gasteiger charge is 2.00. The lowest BCUT2D eigenvalue weighted by atomic mass is 10.1. The van der Waals surface area contributed by atoms with Gasteiger partial charge in [0.25, 0.3) is 0 Å². The van der Waals surface area contributed by atoms with E-state index in [0.717, 1.165) is 15.5 Å². The van der Waals surface area contributed by atoms with Crippen molar-refractivity contribution in [1.82, 2.24) is 0 Å². The van der Waals surface area contributed by atoms with Gasteiger partial charge in [0.2, 0.25) is 0 Å². The first-order chi connectivity index (χ1) is 5.18. The van der Waals surface area contributed by atoms with Gasteiger partial charge >= 0.3 is 0 Å². The zero-order chi connectivity index (χ0) is 8.27. The van der Waals surface area contributed by atoms with Crippen LogP contribution in [0.4, 0.5) is 0 Å². The van der Waals surface area contributed by atoms with E-state index < -0.39 is 0 Å². The molecular weight excluding hydrogens is 270 g/mol. The zero-order valence-corrected chi connectivity index (χ0v) is 9.39. The van der Waals surface area contributed by atoms with E-state index in [9.17, 15) is 0 Å². The number of allylic oxidation sites excluding steroid dienone is 3. The summed E-state index contributed by atoms with van der Waals surface area (Å²) in [5, 5.41) is 0. The maximum atomic E-state index is 4.15. The molecule has 1 aliphatic heterocycles. The number of halogens is 2. The molecule has 60 valence electrons. The molecule has 1 unspecified atom stereocenters. The Kier molecular flexibility index (Phi) is 3.52. The van der Waals surface area contributed by atoms with Crippen molar-refractivity contribution in [2.24, 2.45) is 10.9 Å². The molecule has 0 aromatic rings. The molecule has 0 saturated carbocycles. The molecule has 1 aliphatic rings. The number of aliphatic imine (C=N–C) groups is 1. The summed E-state index contributed by atoms with van der Waals surface area (Å²) in [6.07, 6.45) is 7.09. The number of hydrogen-bond donors (Lipinski definition) is 0. The summed E-state index contributed by atoms with van der Waals surface area (Å²) in [7, 11) is 0. The van der Waals surface area contributed by atoms with Crippen LogP contribution in [0.15, 0.2) is 26.2 Å². The van der Waals surface area contributed by atoms with Gasteiger partial charge in [0, 0.05) is 10.7 Å². The van der Waals surface area contributed by atoms with Crippen LogP contribution < -0.4 is 0 Å². The second-order valence-electron chi connectivity index (χ2n) is 2.55. The summed E-state index contributed by atoms with van der Waals surface area (Å²) in [6, 6.07) is 0. The van der Waals surface area contributed by atoms with Gasteiger partial charge in [-0.2, -0.15) is 0 Å². The summed E-state index contributed by atoms with van der Waals surface area (Å²) < 4.78 is 1.96. The normalized spacial score (nSPS) is 37.5. The maximum absolute atomic E-state index is 4.15. The molecule has 11 heavy (non-hydrogen) atoms. The van der Waals surface area contributed by atoms with Gasteiger partial charge in [-0.25, -0.2) is 4.99 Å². The summed E-state index contributed by atoms with van der Waals surface area (Å²) >= 11 is 6.75. The third kappa shape index (κ3) is 3.34. The molecule has 0 radical (unpaired) electrons. The van der Waals surface area contributed by atoms with E-state index in [2.05, 4.69) is 55.9 Å².